The molecular weight excluding hydrogens is 322 g/mol. The molecule has 0 radical (unpaired) electrons. The summed E-state index contributed by atoms with van der Waals surface area (Å²) in [6, 6.07) is 15.4. The van der Waals surface area contributed by atoms with Gasteiger partial charge in [0.25, 0.3) is 0 Å². The van der Waals surface area contributed by atoms with E-state index in [1.165, 1.54) is 11.8 Å². The van der Waals surface area contributed by atoms with E-state index in [-0.39, 0.29) is 11.2 Å². The molecule has 1 aliphatic rings. The molecule has 4 nitrogen and oxygen atoms in total. The molecule has 2 aromatic rings. The summed E-state index contributed by atoms with van der Waals surface area (Å²) in [7, 11) is 3.25. The maximum absolute atomic E-state index is 12.2. The van der Waals surface area contributed by atoms with Crippen molar-refractivity contribution in [1.29, 1.82) is 0 Å². The van der Waals surface area contributed by atoms with Crippen LogP contribution in [0.3, 0.4) is 0 Å². The normalized spacial score (nSPS) is 17.0. The lowest BCUT2D eigenvalue weighted by molar-refractivity contribution is -0.112. The fourth-order valence-corrected chi connectivity index (χ4v) is 3.36. The molecule has 2 aromatic carbocycles. The van der Waals surface area contributed by atoms with Crippen LogP contribution in [0.4, 0.5) is 0 Å². The van der Waals surface area contributed by atoms with Gasteiger partial charge in [0, 0.05) is 23.5 Å². The Balaban J connectivity index is 1.83. The molecule has 3 rings (SSSR count). The molecule has 0 spiro atoms. The number of hydrogen-bond donors (Lipinski definition) is 1. The summed E-state index contributed by atoms with van der Waals surface area (Å²) in [6.07, 6.45) is 0.655. The van der Waals surface area contributed by atoms with Crippen molar-refractivity contribution in [1.82, 2.24) is 5.32 Å². The van der Waals surface area contributed by atoms with Gasteiger partial charge in [-0.05, 0) is 17.7 Å². The zero-order valence-corrected chi connectivity index (χ0v) is 14.4. The lowest BCUT2D eigenvalue weighted by Crippen LogP contribution is -2.38. The van der Waals surface area contributed by atoms with Crippen molar-refractivity contribution in [2.75, 3.05) is 14.2 Å². The lowest BCUT2D eigenvalue weighted by atomic mass is 10.0. The Labute approximate surface area is 145 Å². The van der Waals surface area contributed by atoms with Crippen LogP contribution in [0.15, 0.2) is 53.9 Å². The Bertz CT molecular complexity index is 758. The Morgan fingerprint density at radius 3 is 2.58 bits per heavy atom. The third-order valence-electron chi connectivity index (χ3n) is 3.89. The fourth-order valence-electron chi connectivity index (χ4n) is 2.63. The van der Waals surface area contributed by atoms with E-state index in [4.69, 9.17) is 9.47 Å². The topological polar surface area (TPSA) is 47.6 Å². The lowest BCUT2D eigenvalue weighted by Gasteiger charge is -2.25. The Morgan fingerprint density at radius 2 is 1.88 bits per heavy atom. The predicted octanol–water partition coefficient (Wildman–Crippen LogP) is 3.48. The molecule has 0 amide bonds. The van der Waals surface area contributed by atoms with E-state index in [1.807, 2.05) is 53.9 Å². The predicted molar refractivity (Wildman–Crippen MR) is 97.2 cm³/mol. The smallest absolute Gasteiger partial charge is 0.215 e. The summed E-state index contributed by atoms with van der Waals surface area (Å²) in [5, 5.41) is 5.31. The number of nitrogens with one attached hydrogen (secondary N) is 1. The summed E-state index contributed by atoms with van der Waals surface area (Å²) >= 11 is 1.23. The van der Waals surface area contributed by atoms with Gasteiger partial charge in [0.15, 0.2) is 0 Å². The molecule has 0 aromatic heterocycles. The average Bonchev–Trinajstić information content (AvgIpc) is 2.64. The van der Waals surface area contributed by atoms with Gasteiger partial charge in [-0.2, -0.15) is 0 Å². The fraction of sp³-hybridized carbons (Fsp3) is 0.211. The standard InChI is InChI=1S/C19H19NO3S/c1-22-14-8-9-15(18(11-14)23-2)17-12-24-19(21)16(20-17)10-13-6-4-3-5-7-13/h3-9,11-12,16,20H,10H2,1-2H3/t16-/m0/s1. The van der Waals surface area contributed by atoms with Gasteiger partial charge < -0.3 is 14.8 Å². The number of benzene rings is 2. The van der Waals surface area contributed by atoms with Crippen molar-refractivity contribution in [2.45, 2.75) is 12.5 Å². The van der Waals surface area contributed by atoms with E-state index in [1.54, 1.807) is 14.2 Å². The first-order valence-corrected chi connectivity index (χ1v) is 8.52. The highest BCUT2D eigenvalue weighted by Gasteiger charge is 2.25. The number of carbonyl (C=O) groups is 1. The minimum Gasteiger partial charge on any atom is -0.497 e. The minimum atomic E-state index is -0.260. The molecule has 0 unspecified atom stereocenters. The molecule has 1 aliphatic heterocycles. The van der Waals surface area contributed by atoms with Crippen LogP contribution in [0.1, 0.15) is 11.1 Å². The van der Waals surface area contributed by atoms with Crippen LogP contribution >= 0.6 is 11.8 Å². The Kier molecular flexibility index (Phi) is 5.11. The second-order valence-electron chi connectivity index (χ2n) is 5.42. The van der Waals surface area contributed by atoms with Crippen molar-refractivity contribution < 1.29 is 14.3 Å². The minimum absolute atomic E-state index is 0.120. The van der Waals surface area contributed by atoms with Crippen molar-refractivity contribution >= 4 is 22.6 Å². The summed E-state index contributed by atoms with van der Waals surface area (Å²) in [6.45, 7) is 0. The first-order chi connectivity index (χ1) is 11.7. The van der Waals surface area contributed by atoms with Gasteiger partial charge in [-0.3, -0.25) is 4.79 Å². The van der Waals surface area contributed by atoms with E-state index in [9.17, 15) is 4.79 Å². The van der Waals surface area contributed by atoms with Crippen molar-refractivity contribution in [3.8, 4) is 11.5 Å². The second-order valence-corrected chi connectivity index (χ2v) is 6.30. The molecule has 1 heterocycles. The van der Waals surface area contributed by atoms with Crippen molar-refractivity contribution in [3.05, 3.63) is 65.1 Å². The van der Waals surface area contributed by atoms with E-state index < -0.39 is 0 Å². The van der Waals surface area contributed by atoms with Crippen molar-refractivity contribution in [2.24, 2.45) is 0 Å². The molecule has 0 saturated heterocycles. The van der Waals surface area contributed by atoms with E-state index >= 15 is 0 Å². The van der Waals surface area contributed by atoms with Gasteiger partial charge in [0.05, 0.1) is 26.0 Å². The number of rotatable bonds is 5. The van der Waals surface area contributed by atoms with Crippen LogP contribution in [0.2, 0.25) is 0 Å². The first kappa shape index (κ1) is 16.5. The number of ether oxygens (including phenoxy) is 2. The van der Waals surface area contributed by atoms with E-state index in [0.29, 0.717) is 12.2 Å². The second kappa shape index (κ2) is 7.45. The summed E-state index contributed by atoms with van der Waals surface area (Å²) in [5.41, 5.74) is 2.93. The number of methoxy groups -OCH3 is 2. The first-order valence-electron chi connectivity index (χ1n) is 7.65. The van der Waals surface area contributed by atoms with E-state index in [2.05, 4.69) is 5.32 Å². The summed E-state index contributed by atoms with van der Waals surface area (Å²) < 4.78 is 10.7. The zero-order valence-electron chi connectivity index (χ0n) is 13.6. The van der Waals surface area contributed by atoms with Gasteiger partial charge in [-0.15, -0.1) is 0 Å². The van der Waals surface area contributed by atoms with Crippen LogP contribution in [-0.2, 0) is 11.2 Å². The molecule has 1 atom stereocenters. The third kappa shape index (κ3) is 3.57. The maximum Gasteiger partial charge on any atom is 0.215 e. The Hall–Kier alpha value is -2.40. The van der Waals surface area contributed by atoms with Crippen molar-refractivity contribution in [3.63, 3.8) is 0 Å². The molecule has 24 heavy (non-hydrogen) atoms. The number of carbonyl (C=O) groups excluding carboxylic acids is 1. The van der Waals surface area contributed by atoms with Crippen LogP contribution in [-0.4, -0.2) is 25.4 Å². The highest BCUT2D eigenvalue weighted by atomic mass is 32.2. The van der Waals surface area contributed by atoms with Gasteiger partial charge in [-0.25, -0.2) is 0 Å². The number of thioether (sulfide) groups is 1. The molecular formula is C19H19NO3S. The van der Waals surface area contributed by atoms with Gasteiger partial charge >= 0.3 is 0 Å². The highest BCUT2D eigenvalue weighted by Crippen LogP contribution is 2.33. The van der Waals surface area contributed by atoms with Gasteiger partial charge in [-0.1, -0.05) is 42.1 Å². The summed E-state index contributed by atoms with van der Waals surface area (Å²) in [4.78, 5) is 12.2. The largest absolute Gasteiger partial charge is 0.497 e. The SMILES string of the molecule is COc1ccc(C2=CSC(=O)[C@H](Cc3ccccc3)N2)c(OC)c1. The van der Waals surface area contributed by atoms with Crippen LogP contribution in [0.25, 0.3) is 5.70 Å². The van der Waals surface area contributed by atoms with E-state index in [0.717, 1.165) is 22.6 Å². The molecule has 0 bridgehead atoms. The van der Waals surface area contributed by atoms with Crippen LogP contribution in [0, 0.1) is 0 Å². The number of hydrogen-bond acceptors (Lipinski definition) is 5. The van der Waals surface area contributed by atoms with Crippen LogP contribution < -0.4 is 14.8 Å². The molecule has 1 N–H and O–H groups in total. The summed E-state index contributed by atoms with van der Waals surface area (Å²) in [5.74, 6) is 1.44. The maximum atomic E-state index is 12.2. The Morgan fingerprint density at radius 1 is 1.08 bits per heavy atom. The van der Waals surface area contributed by atoms with Gasteiger partial charge in [0.2, 0.25) is 5.12 Å². The molecule has 0 saturated carbocycles. The molecule has 0 fully saturated rings. The van der Waals surface area contributed by atoms with Crippen LogP contribution in [0.5, 0.6) is 11.5 Å². The third-order valence-corrected chi connectivity index (χ3v) is 4.76. The molecule has 124 valence electrons. The zero-order chi connectivity index (χ0) is 16.9. The average molecular weight is 341 g/mol. The van der Waals surface area contributed by atoms with Gasteiger partial charge in [0.1, 0.15) is 11.5 Å². The quantitative estimate of drug-likeness (QED) is 0.902. The highest BCUT2D eigenvalue weighted by molar-refractivity contribution is 8.16. The molecule has 5 heteroatoms. The molecule has 0 aliphatic carbocycles. The monoisotopic (exact) mass is 341 g/mol.